The average molecular weight is 674 g/mol. The Kier molecular flexibility index (Phi) is 20.9. The van der Waals surface area contributed by atoms with Crippen molar-refractivity contribution in [3.8, 4) is 11.1 Å². The number of unbranched alkanes of at least 4 members (excludes halogenated alkanes) is 13. The monoisotopic (exact) mass is 673 g/mol. The molecule has 2 aromatic rings. The molecule has 1 atom stereocenters. The first kappa shape index (κ1) is 37.8. The van der Waals surface area contributed by atoms with Crippen LogP contribution in [0.2, 0.25) is 0 Å². The van der Waals surface area contributed by atoms with Crippen LogP contribution >= 0.6 is 0 Å². The van der Waals surface area contributed by atoms with E-state index in [-0.39, 0.29) is 51.1 Å². The maximum atomic E-state index is 12.5. The minimum atomic E-state index is -3.11. The van der Waals surface area contributed by atoms with Crippen LogP contribution in [0.25, 0.3) is 11.1 Å². The summed E-state index contributed by atoms with van der Waals surface area (Å²) in [6.45, 7) is 1.78. The molecule has 3 rings (SSSR count). The number of carbonyl (C=O) groups is 2. The second-order valence-corrected chi connectivity index (χ2v) is 10.8. The van der Waals surface area contributed by atoms with Crippen molar-refractivity contribution in [1.82, 2.24) is 0 Å². The number of hydrogen-bond acceptors (Lipinski definition) is 7. The number of hydrogen-bond donors (Lipinski definition) is 1. The fourth-order valence-corrected chi connectivity index (χ4v) is 5.37. The fourth-order valence-electron chi connectivity index (χ4n) is 5.37. The van der Waals surface area contributed by atoms with Crippen LogP contribution in [0.15, 0.2) is 42.5 Å². The molecule has 0 bridgehead atoms. The van der Waals surface area contributed by atoms with E-state index in [0.29, 0.717) is 6.42 Å². The molecule has 0 aromatic heterocycles. The zero-order chi connectivity index (χ0) is 29.7. The van der Waals surface area contributed by atoms with Gasteiger partial charge in [-0.3, -0.25) is 4.79 Å². The van der Waals surface area contributed by atoms with Gasteiger partial charge < -0.3 is 19.6 Å². The van der Waals surface area contributed by atoms with Gasteiger partial charge in [0.2, 0.25) is 5.91 Å². The first-order chi connectivity index (χ1) is 20.0. The van der Waals surface area contributed by atoms with Crippen molar-refractivity contribution >= 4 is 35.0 Å². The predicted octanol–water partition coefficient (Wildman–Crippen LogP) is 6.87. The maximum Gasteiger partial charge on any atom is 0.425 e. The minimum Gasteiger partial charge on any atom is -0.652 e. The number of amides is 1. The summed E-state index contributed by atoms with van der Waals surface area (Å²) in [5.41, 5.74) is 5.27. The molecule has 0 spiro atoms. The molecule has 10 heteroatoms. The van der Waals surface area contributed by atoms with E-state index in [0.717, 1.165) is 59.9 Å². The van der Waals surface area contributed by atoms with Crippen LogP contribution in [0.4, 0.5) is 5.69 Å². The number of nitrogens with one attached hydrogen (secondary N) is 1. The van der Waals surface area contributed by atoms with Gasteiger partial charge in [-0.15, -0.1) is 12.6 Å². The number of aldehydes is 1. The second-order valence-electron chi connectivity index (χ2n) is 10.4. The van der Waals surface area contributed by atoms with Gasteiger partial charge in [-0.05, 0) is 47.2 Å². The number of anilines is 1. The van der Waals surface area contributed by atoms with E-state index in [2.05, 4.69) is 17.4 Å². The number of ether oxygens (including phenoxy) is 1. The summed E-state index contributed by atoms with van der Waals surface area (Å²) in [6.07, 6.45) is 18.1. The van der Waals surface area contributed by atoms with Crippen molar-refractivity contribution in [1.29, 1.82) is 0 Å². The summed E-state index contributed by atoms with van der Waals surface area (Å²) in [6, 6.07) is 14.2. The van der Waals surface area contributed by atoms with Gasteiger partial charge >= 0.3 is 10.6 Å². The summed E-state index contributed by atoms with van der Waals surface area (Å²) in [4.78, 5) is 33.5. The van der Waals surface area contributed by atoms with Gasteiger partial charge in [0.15, 0.2) is 0 Å². The Morgan fingerprint density at radius 1 is 0.786 bits per heavy atom. The summed E-state index contributed by atoms with van der Waals surface area (Å²) in [5, 5.41) is 3.05. The molecule has 0 aliphatic heterocycles. The molecule has 2 aromatic carbocycles. The smallest absolute Gasteiger partial charge is 0.425 e. The van der Waals surface area contributed by atoms with Crippen molar-refractivity contribution < 1.29 is 64.5 Å². The average Bonchev–Trinajstić information content (AvgIpc) is 3.26. The van der Waals surface area contributed by atoms with Crippen LogP contribution in [0.3, 0.4) is 0 Å². The molecule has 0 fully saturated rings. The van der Waals surface area contributed by atoms with Gasteiger partial charge in [-0.1, -0.05) is 107 Å². The van der Waals surface area contributed by atoms with E-state index in [1.165, 1.54) is 70.7 Å². The molecule has 1 radical (unpaired) electrons. The molecule has 1 unspecified atom stereocenters. The van der Waals surface area contributed by atoms with Crippen LogP contribution in [-0.2, 0) is 62.4 Å². The van der Waals surface area contributed by atoms with E-state index < -0.39 is 10.6 Å². The normalized spacial score (nSPS) is 12.5. The van der Waals surface area contributed by atoms with Gasteiger partial charge in [-0.25, -0.2) is 0 Å². The maximum absolute atomic E-state index is 12.5. The second kappa shape index (κ2) is 23.3. The van der Waals surface area contributed by atoms with Crippen LogP contribution in [0.1, 0.15) is 113 Å². The third-order valence-electron chi connectivity index (χ3n) is 7.37. The van der Waals surface area contributed by atoms with Gasteiger partial charge in [0, 0.05) is 57.2 Å². The minimum absolute atomic E-state index is 0. The van der Waals surface area contributed by atoms with Gasteiger partial charge in [0.1, 0.15) is 6.29 Å². The van der Waals surface area contributed by atoms with Crippen molar-refractivity contribution in [2.75, 3.05) is 11.9 Å². The largest absolute Gasteiger partial charge is 0.652 e. The zero-order valence-corrected chi connectivity index (χ0v) is 28.0. The molecule has 8 nitrogen and oxygen atoms in total. The van der Waals surface area contributed by atoms with E-state index in [1.807, 2.05) is 30.3 Å². The summed E-state index contributed by atoms with van der Waals surface area (Å²) in [5.74, 6) is 0.0133. The summed E-state index contributed by atoms with van der Waals surface area (Å²) >= 11 is 0. The third kappa shape index (κ3) is 14.8. The number of fused-ring (bicyclic) bond motifs is 3. The first-order valence-electron chi connectivity index (χ1n) is 14.7. The fraction of sp³-hybridized carbons (Fsp3) is 0.531. The van der Waals surface area contributed by atoms with Crippen molar-refractivity contribution in [3.63, 3.8) is 0 Å². The van der Waals surface area contributed by atoms with Crippen molar-refractivity contribution in [2.24, 2.45) is 0 Å². The Bertz CT molecular complexity index is 1200. The Hall–Kier alpha value is -2.23. The van der Waals surface area contributed by atoms with Crippen molar-refractivity contribution in [2.45, 2.75) is 102 Å². The molecule has 42 heavy (non-hydrogen) atoms. The first-order valence-corrected chi connectivity index (χ1v) is 15.7. The van der Waals surface area contributed by atoms with Gasteiger partial charge in [0.25, 0.3) is 0 Å². The van der Waals surface area contributed by atoms with E-state index in [9.17, 15) is 14.4 Å². The Morgan fingerprint density at radius 2 is 1.31 bits per heavy atom. The van der Waals surface area contributed by atoms with Crippen LogP contribution in [0.5, 0.6) is 0 Å². The quantitative estimate of drug-likeness (QED) is 0.0925. The van der Waals surface area contributed by atoms with E-state index in [1.54, 1.807) is 0 Å². The number of rotatable bonds is 20. The molecule has 1 N–H and O–H groups in total. The van der Waals surface area contributed by atoms with Gasteiger partial charge in [0.05, 0.1) is 6.61 Å². The summed E-state index contributed by atoms with van der Waals surface area (Å²) in [7, 11) is -3.11. The Balaban J connectivity index is 0.00000165. The predicted molar refractivity (Wildman–Crippen MR) is 159 cm³/mol. The molecule has 1 aliphatic rings. The summed E-state index contributed by atoms with van der Waals surface area (Å²) < 4.78 is 30.3. The zero-order valence-electron chi connectivity index (χ0n) is 24.4. The topological polar surface area (TPSA) is 124 Å². The molecule has 0 saturated heterocycles. The molecule has 0 heterocycles. The SMILES string of the molecule is O=S(=O)=O.O=[C-]OCC1c2ccccc2-c2ccc(NC(=O)CCCCCCCCCCCCCCCC=O)cc21.[Y]. The van der Waals surface area contributed by atoms with E-state index in [4.69, 9.17) is 17.4 Å². The van der Waals surface area contributed by atoms with Crippen LogP contribution < -0.4 is 5.32 Å². The molecule has 1 aliphatic carbocycles. The molecular formula is C32H42NO7SY-. The van der Waals surface area contributed by atoms with Gasteiger partial charge in [-0.2, -0.15) is 0 Å². The Morgan fingerprint density at radius 3 is 1.88 bits per heavy atom. The molecule has 0 saturated carbocycles. The Labute approximate surface area is 276 Å². The number of carbonyl (C=O) groups excluding carboxylic acids is 3. The van der Waals surface area contributed by atoms with Crippen LogP contribution in [0, 0.1) is 0 Å². The number of benzene rings is 2. The third-order valence-corrected chi connectivity index (χ3v) is 7.37. The van der Waals surface area contributed by atoms with Crippen molar-refractivity contribution in [3.05, 3.63) is 53.6 Å². The van der Waals surface area contributed by atoms with Crippen LogP contribution in [-0.4, -0.2) is 37.9 Å². The molecule has 227 valence electrons. The molecule has 1 amide bonds. The van der Waals surface area contributed by atoms with E-state index >= 15 is 0 Å². The molecular weight excluding hydrogens is 631 g/mol. The standard InChI is InChI=1S/C32H42NO4.O3S.Y/c34-22-16-12-10-8-6-4-2-1-3-5-7-9-11-13-19-32(36)33-26-20-21-29-27-17-14-15-18-28(27)31(24-37-25-35)30(29)23-26;1-4(2)3;/h14-15,17-18,20-23,31H,1-13,16,19,24H2,(H,33,36);;/q-1;;.